The van der Waals surface area contributed by atoms with Crippen molar-refractivity contribution in [1.82, 2.24) is 5.32 Å². The van der Waals surface area contributed by atoms with E-state index in [2.05, 4.69) is 50.4 Å². The summed E-state index contributed by atoms with van der Waals surface area (Å²) in [4.78, 5) is 22.3. The average molecular weight is 319 g/mol. The maximum atomic E-state index is 11.9. The van der Waals surface area contributed by atoms with Crippen LogP contribution in [0.4, 0.5) is 0 Å². The molecular weight excluding hydrogens is 290 g/mol. The van der Waals surface area contributed by atoms with Gasteiger partial charge < -0.3 is 10.4 Å². The third kappa shape index (κ3) is 7.82. The molecule has 1 aromatic carbocycles. The van der Waals surface area contributed by atoms with Gasteiger partial charge in [-0.25, -0.2) is 0 Å². The number of aliphatic carboxylic acids is 1. The van der Waals surface area contributed by atoms with Crippen molar-refractivity contribution in [2.45, 2.75) is 64.7 Å². The van der Waals surface area contributed by atoms with Crippen molar-refractivity contribution < 1.29 is 14.7 Å². The Labute approximate surface area is 139 Å². The fourth-order valence-corrected chi connectivity index (χ4v) is 2.48. The zero-order valence-corrected chi connectivity index (χ0v) is 14.5. The monoisotopic (exact) mass is 319 g/mol. The molecule has 1 aromatic rings. The molecule has 0 saturated carbocycles. The first-order valence-corrected chi connectivity index (χ1v) is 8.48. The number of carboxylic acid groups (broad SMARTS) is 1. The second kappa shape index (κ2) is 10.0. The topological polar surface area (TPSA) is 66.4 Å². The summed E-state index contributed by atoms with van der Waals surface area (Å²) >= 11 is 0. The Morgan fingerprint density at radius 3 is 2.17 bits per heavy atom. The molecule has 23 heavy (non-hydrogen) atoms. The van der Waals surface area contributed by atoms with E-state index in [-0.39, 0.29) is 18.2 Å². The molecule has 128 valence electrons. The van der Waals surface area contributed by atoms with Gasteiger partial charge in [-0.3, -0.25) is 9.59 Å². The summed E-state index contributed by atoms with van der Waals surface area (Å²) in [6.07, 6.45) is 3.02. The van der Waals surface area contributed by atoms with Crippen LogP contribution in [0.1, 0.15) is 75.8 Å². The summed E-state index contributed by atoms with van der Waals surface area (Å²) in [6.45, 7) is 7.03. The number of unbranched alkanes of at least 4 members (excludes halogenated alkanes) is 2. The van der Waals surface area contributed by atoms with Gasteiger partial charge >= 0.3 is 5.97 Å². The Bertz CT molecular complexity index is 494. The van der Waals surface area contributed by atoms with Crippen LogP contribution < -0.4 is 5.32 Å². The van der Waals surface area contributed by atoms with E-state index >= 15 is 0 Å². The predicted octanol–water partition coefficient (Wildman–Crippen LogP) is 4.06. The molecule has 1 amide bonds. The third-order valence-corrected chi connectivity index (χ3v) is 4.05. The van der Waals surface area contributed by atoms with Crippen LogP contribution >= 0.6 is 0 Å². The van der Waals surface area contributed by atoms with E-state index in [9.17, 15) is 9.59 Å². The van der Waals surface area contributed by atoms with Gasteiger partial charge in [-0.15, -0.1) is 0 Å². The predicted molar refractivity (Wildman–Crippen MR) is 92.7 cm³/mol. The summed E-state index contributed by atoms with van der Waals surface area (Å²) in [5.74, 6) is 0.0158. The molecule has 1 atom stereocenters. The molecule has 0 aliphatic rings. The highest BCUT2D eigenvalue weighted by Crippen LogP contribution is 2.22. The number of amides is 1. The highest BCUT2D eigenvalue weighted by Gasteiger charge is 2.11. The molecule has 0 aromatic heterocycles. The van der Waals surface area contributed by atoms with Crippen molar-refractivity contribution in [1.29, 1.82) is 0 Å². The van der Waals surface area contributed by atoms with Crippen LogP contribution in [0, 0.1) is 0 Å². The van der Waals surface area contributed by atoms with Crippen LogP contribution in [0.3, 0.4) is 0 Å². The lowest BCUT2D eigenvalue weighted by Crippen LogP contribution is -2.25. The van der Waals surface area contributed by atoms with E-state index < -0.39 is 5.97 Å². The molecule has 2 N–H and O–H groups in total. The van der Waals surface area contributed by atoms with Crippen molar-refractivity contribution in [2.24, 2.45) is 0 Å². The van der Waals surface area contributed by atoms with Crippen molar-refractivity contribution in [3.63, 3.8) is 0 Å². The zero-order valence-electron chi connectivity index (χ0n) is 14.5. The quantitative estimate of drug-likeness (QED) is 0.639. The third-order valence-electron chi connectivity index (χ3n) is 4.05. The molecular formula is C19H29NO3. The lowest BCUT2D eigenvalue weighted by molar-refractivity contribution is -0.137. The summed E-state index contributed by atoms with van der Waals surface area (Å²) in [5.41, 5.74) is 2.50. The van der Waals surface area contributed by atoms with Crippen LogP contribution in [-0.2, 0) is 9.59 Å². The van der Waals surface area contributed by atoms with Gasteiger partial charge in [0.1, 0.15) is 0 Å². The number of carboxylic acids is 1. The van der Waals surface area contributed by atoms with Gasteiger partial charge in [0.25, 0.3) is 0 Å². The molecule has 0 spiro atoms. The molecule has 0 saturated heterocycles. The SMILES string of the molecule is CC(C)c1ccc(C(C)CC(=O)NCCCCCC(=O)O)cc1. The summed E-state index contributed by atoms with van der Waals surface area (Å²) in [6, 6.07) is 8.49. The number of carbonyl (C=O) groups excluding carboxylic acids is 1. The van der Waals surface area contributed by atoms with Crippen LogP contribution in [0.5, 0.6) is 0 Å². The van der Waals surface area contributed by atoms with E-state index in [0.717, 1.165) is 12.8 Å². The Morgan fingerprint density at radius 2 is 1.61 bits per heavy atom. The molecule has 0 radical (unpaired) electrons. The summed E-state index contributed by atoms with van der Waals surface area (Å²) in [7, 11) is 0. The highest BCUT2D eigenvalue weighted by atomic mass is 16.4. The smallest absolute Gasteiger partial charge is 0.303 e. The van der Waals surface area contributed by atoms with Crippen LogP contribution in [0.25, 0.3) is 0 Å². The van der Waals surface area contributed by atoms with E-state index in [1.165, 1.54) is 11.1 Å². The van der Waals surface area contributed by atoms with Gasteiger partial charge in [0.2, 0.25) is 5.91 Å². The summed E-state index contributed by atoms with van der Waals surface area (Å²) in [5, 5.41) is 11.5. The number of benzene rings is 1. The normalized spacial score (nSPS) is 12.2. The lowest BCUT2D eigenvalue weighted by Gasteiger charge is -2.13. The molecule has 1 rings (SSSR count). The first-order valence-electron chi connectivity index (χ1n) is 8.48. The molecule has 0 aliphatic heterocycles. The van der Waals surface area contributed by atoms with Gasteiger partial charge in [-0.1, -0.05) is 51.5 Å². The summed E-state index contributed by atoms with van der Waals surface area (Å²) < 4.78 is 0. The first-order chi connectivity index (χ1) is 10.9. The second-order valence-corrected chi connectivity index (χ2v) is 6.48. The van der Waals surface area contributed by atoms with E-state index in [0.29, 0.717) is 25.3 Å². The van der Waals surface area contributed by atoms with E-state index in [1.54, 1.807) is 0 Å². The molecule has 0 heterocycles. The van der Waals surface area contributed by atoms with Gasteiger partial charge in [0, 0.05) is 19.4 Å². The maximum absolute atomic E-state index is 11.9. The Balaban J connectivity index is 2.26. The van der Waals surface area contributed by atoms with Crippen molar-refractivity contribution in [3.05, 3.63) is 35.4 Å². The second-order valence-electron chi connectivity index (χ2n) is 6.48. The number of nitrogens with one attached hydrogen (secondary N) is 1. The van der Waals surface area contributed by atoms with Crippen LogP contribution in [-0.4, -0.2) is 23.5 Å². The highest BCUT2D eigenvalue weighted by molar-refractivity contribution is 5.76. The van der Waals surface area contributed by atoms with E-state index in [1.807, 2.05) is 0 Å². The zero-order chi connectivity index (χ0) is 17.2. The van der Waals surface area contributed by atoms with Gasteiger partial charge in [0.05, 0.1) is 0 Å². The van der Waals surface area contributed by atoms with Crippen LogP contribution in [0.2, 0.25) is 0 Å². The van der Waals surface area contributed by atoms with E-state index in [4.69, 9.17) is 5.11 Å². The molecule has 0 aliphatic carbocycles. The lowest BCUT2D eigenvalue weighted by atomic mass is 9.94. The molecule has 4 nitrogen and oxygen atoms in total. The Morgan fingerprint density at radius 1 is 1.00 bits per heavy atom. The molecule has 1 unspecified atom stereocenters. The van der Waals surface area contributed by atoms with Gasteiger partial charge in [0.15, 0.2) is 0 Å². The van der Waals surface area contributed by atoms with Gasteiger partial charge in [-0.2, -0.15) is 0 Å². The standard InChI is InChI=1S/C19H29NO3/c1-14(2)16-8-10-17(11-9-16)15(3)13-18(21)20-12-6-4-5-7-19(22)23/h8-11,14-15H,4-7,12-13H2,1-3H3,(H,20,21)(H,22,23). The fourth-order valence-electron chi connectivity index (χ4n) is 2.48. The molecule has 4 heteroatoms. The Hall–Kier alpha value is -1.84. The minimum absolute atomic E-state index is 0.0590. The number of hydrogen-bond donors (Lipinski definition) is 2. The molecule has 0 bridgehead atoms. The maximum Gasteiger partial charge on any atom is 0.303 e. The largest absolute Gasteiger partial charge is 0.481 e. The van der Waals surface area contributed by atoms with Crippen LogP contribution in [0.15, 0.2) is 24.3 Å². The molecule has 0 fully saturated rings. The Kier molecular flexibility index (Phi) is 8.38. The average Bonchev–Trinajstić information content (AvgIpc) is 2.50. The fraction of sp³-hybridized carbons (Fsp3) is 0.579. The van der Waals surface area contributed by atoms with Gasteiger partial charge in [-0.05, 0) is 35.8 Å². The first kappa shape index (κ1) is 19.2. The minimum atomic E-state index is -0.758. The van der Waals surface area contributed by atoms with Crippen molar-refractivity contribution in [2.75, 3.05) is 6.54 Å². The number of carbonyl (C=O) groups is 2. The number of hydrogen-bond acceptors (Lipinski definition) is 2. The van der Waals surface area contributed by atoms with Crippen molar-refractivity contribution >= 4 is 11.9 Å². The minimum Gasteiger partial charge on any atom is -0.481 e. The number of rotatable bonds is 10. The van der Waals surface area contributed by atoms with Crippen molar-refractivity contribution in [3.8, 4) is 0 Å².